The predicted molar refractivity (Wildman–Crippen MR) is 154 cm³/mol. The van der Waals surface area contributed by atoms with Crippen LogP contribution < -0.4 is 4.90 Å². The molecular weight excluding hydrogens is 504 g/mol. The van der Waals surface area contributed by atoms with Crippen LogP contribution in [0.25, 0.3) is 0 Å². The smallest absolute Gasteiger partial charge is 0.414 e. The summed E-state index contributed by atoms with van der Waals surface area (Å²) in [6.45, 7) is 6.91. The largest absolute Gasteiger partial charge is 0.478 e. The SMILES string of the molecule is CC(C)(C)OC(=O)N1CC2(CCCC2)c2cc(C(=O)N(Cc3ccccc3)Cc3ccc(C(=O)O)cc3)ccc21. The fourth-order valence-electron chi connectivity index (χ4n) is 5.92. The summed E-state index contributed by atoms with van der Waals surface area (Å²) in [5, 5.41) is 9.27. The number of anilines is 1. The molecule has 5 rings (SSSR count). The fourth-order valence-corrected chi connectivity index (χ4v) is 5.92. The second-order valence-electron chi connectivity index (χ2n) is 11.9. The van der Waals surface area contributed by atoms with Gasteiger partial charge in [0.25, 0.3) is 5.91 Å². The van der Waals surface area contributed by atoms with E-state index in [2.05, 4.69) is 0 Å². The second-order valence-corrected chi connectivity index (χ2v) is 11.9. The van der Waals surface area contributed by atoms with Crippen LogP contribution >= 0.6 is 0 Å². The number of carbonyl (C=O) groups excluding carboxylic acids is 2. The zero-order valence-corrected chi connectivity index (χ0v) is 23.4. The van der Waals surface area contributed by atoms with Crippen molar-refractivity contribution < 1.29 is 24.2 Å². The van der Waals surface area contributed by atoms with Crippen LogP contribution in [0.15, 0.2) is 72.8 Å². The molecule has 0 radical (unpaired) electrons. The van der Waals surface area contributed by atoms with Gasteiger partial charge < -0.3 is 14.7 Å². The standard InChI is InChI=1S/C33H36N2O5/c1-32(2,3)40-31(39)35-22-33(17-7-8-18-33)27-19-26(15-16-28(27)35)29(36)34(20-23-9-5-4-6-10-23)21-24-11-13-25(14-12-24)30(37)38/h4-6,9-16,19H,7-8,17-18,20-22H2,1-3H3,(H,37,38). The van der Waals surface area contributed by atoms with E-state index in [-0.39, 0.29) is 23.0 Å². The Hall–Kier alpha value is -4.13. The van der Waals surface area contributed by atoms with E-state index >= 15 is 0 Å². The third-order valence-electron chi connectivity index (χ3n) is 7.82. The molecule has 2 aliphatic rings. The van der Waals surface area contributed by atoms with Crippen molar-refractivity contribution in [3.05, 3.63) is 101 Å². The maximum Gasteiger partial charge on any atom is 0.414 e. The lowest BCUT2D eigenvalue weighted by Gasteiger charge is -2.27. The van der Waals surface area contributed by atoms with Gasteiger partial charge in [-0.1, -0.05) is 55.3 Å². The van der Waals surface area contributed by atoms with Gasteiger partial charge in [0.15, 0.2) is 0 Å². The van der Waals surface area contributed by atoms with E-state index < -0.39 is 11.6 Å². The first kappa shape index (κ1) is 27.4. The summed E-state index contributed by atoms with van der Waals surface area (Å²) in [6, 6.07) is 22.1. The summed E-state index contributed by atoms with van der Waals surface area (Å²) in [5.74, 6) is -1.10. The number of benzene rings is 3. The van der Waals surface area contributed by atoms with Crippen molar-refractivity contribution in [2.24, 2.45) is 0 Å². The van der Waals surface area contributed by atoms with Crippen LogP contribution in [0.4, 0.5) is 10.5 Å². The molecule has 1 spiro atoms. The molecule has 1 heterocycles. The van der Waals surface area contributed by atoms with Crippen LogP contribution in [0.2, 0.25) is 0 Å². The zero-order chi connectivity index (χ0) is 28.5. The van der Waals surface area contributed by atoms with Crippen LogP contribution in [-0.2, 0) is 23.2 Å². The first-order chi connectivity index (χ1) is 19.0. The van der Waals surface area contributed by atoms with Gasteiger partial charge in [0.1, 0.15) is 5.60 Å². The molecule has 7 nitrogen and oxygen atoms in total. The lowest BCUT2D eigenvalue weighted by molar-refractivity contribution is 0.0576. The third-order valence-corrected chi connectivity index (χ3v) is 7.82. The molecule has 1 aliphatic heterocycles. The highest BCUT2D eigenvalue weighted by Crippen LogP contribution is 2.51. The summed E-state index contributed by atoms with van der Waals surface area (Å²) in [6.07, 6.45) is 3.77. The van der Waals surface area contributed by atoms with Crippen LogP contribution in [0.5, 0.6) is 0 Å². The minimum absolute atomic E-state index is 0.113. The van der Waals surface area contributed by atoms with E-state index in [1.807, 2.05) is 63.2 Å². The highest BCUT2D eigenvalue weighted by molar-refractivity contribution is 5.97. The van der Waals surface area contributed by atoms with Crippen molar-refractivity contribution in [2.75, 3.05) is 11.4 Å². The van der Waals surface area contributed by atoms with Gasteiger partial charge in [-0.05, 0) is 80.6 Å². The monoisotopic (exact) mass is 540 g/mol. The number of ether oxygens (including phenoxy) is 1. The van der Waals surface area contributed by atoms with Crippen LogP contribution in [0.3, 0.4) is 0 Å². The lowest BCUT2D eigenvalue weighted by Crippen LogP contribution is -2.39. The Kier molecular flexibility index (Phi) is 7.41. The van der Waals surface area contributed by atoms with E-state index in [9.17, 15) is 19.5 Å². The molecule has 3 aromatic carbocycles. The van der Waals surface area contributed by atoms with Gasteiger partial charge in [-0.3, -0.25) is 9.69 Å². The third kappa shape index (κ3) is 5.74. The number of hydrogen-bond donors (Lipinski definition) is 1. The number of carbonyl (C=O) groups is 3. The molecule has 0 bridgehead atoms. The number of aromatic carboxylic acids is 1. The van der Waals surface area contributed by atoms with Gasteiger partial charge in [0.05, 0.1) is 11.3 Å². The molecule has 1 N–H and O–H groups in total. The number of fused-ring (bicyclic) bond motifs is 2. The maximum absolute atomic E-state index is 14.1. The molecule has 0 atom stereocenters. The number of rotatable bonds is 6. The normalized spacial score (nSPS) is 15.6. The van der Waals surface area contributed by atoms with Gasteiger partial charge in [-0.15, -0.1) is 0 Å². The first-order valence-corrected chi connectivity index (χ1v) is 13.9. The molecule has 2 amide bonds. The zero-order valence-electron chi connectivity index (χ0n) is 23.4. The average Bonchev–Trinajstić information content (AvgIpc) is 3.53. The van der Waals surface area contributed by atoms with Gasteiger partial charge in [-0.25, -0.2) is 9.59 Å². The number of carboxylic acid groups (broad SMARTS) is 1. The van der Waals surface area contributed by atoms with Gasteiger partial charge >= 0.3 is 12.1 Å². The van der Waals surface area contributed by atoms with Gasteiger partial charge in [0.2, 0.25) is 0 Å². The number of amides is 2. The molecule has 208 valence electrons. The molecule has 1 aliphatic carbocycles. The van der Waals surface area contributed by atoms with Crippen molar-refractivity contribution in [2.45, 2.75) is 70.6 Å². The Morgan fingerprint density at radius 1 is 0.875 bits per heavy atom. The summed E-state index contributed by atoms with van der Waals surface area (Å²) < 4.78 is 5.73. The maximum atomic E-state index is 14.1. The van der Waals surface area contributed by atoms with Gasteiger partial charge in [0, 0.05) is 30.6 Å². The molecular formula is C33H36N2O5. The predicted octanol–water partition coefficient (Wildman–Crippen LogP) is 6.79. The van der Waals surface area contributed by atoms with Crippen LogP contribution in [-0.4, -0.2) is 40.1 Å². The van der Waals surface area contributed by atoms with Crippen molar-refractivity contribution in [3.63, 3.8) is 0 Å². The highest BCUT2D eigenvalue weighted by atomic mass is 16.6. The topological polar surface area (TPSA) is 87.2 Å². The number of nitrogens with zero attached hydrogens (tertiary/aromatic N) is 2. The van der Waals surface area contributed by atoms with Crippen molar-refractivity contribution in [3.8, 4) is 0 Å². The molecule has 0 unspecified atom stereocenters. The Balaban J connectivity index is 1.47. The first-order valence-electron chi connectivity index (χ1n) is 13.9. The minimum atomic E-state index is -0.983. The van der Waals surface area contributed by atoms with E-state index in [4.69, 9.17) is 4.74 Å². The van der Waals surface area contributed by atoms with Crippen LogP contribution in [0.1, 0.15) is 83.9 Å². The number of carboxylic acids is 1. The Morgan fingerprint density at radius 3 is 2.08 bits per heavy atom. The average molecular weight is 541 g/mol. The van der Waals surface area contributed by atoms with Crippen molar-refractivity contribution >= 4 is 23.7 Å². The van der Waals surface area contributed by atoms with Crippen LogP contribution in [0, 0.1) is 0 Å². The van der Waals surface area contributed by atoms with E-state index in [0.717, 1.165) is 48.1 Å². The highest BCUT2D eigenvalue weighted by Gasteiger charge is 2.47. The second kappa shape index (κ2) is 10.8. The van der Waals surface area contributed by atoms with Gasteiger partial charge in [-0.2, -0.15) is 0 Å². The summed E-state index contributed by atoms with van der Waals surface area (Å²) in [7, 11) is 0. The lowest BCUT2D eigenvalue weighted by atomic mass is 9.80. The summed E-state index contributed by atoms with van der Waals surface area (Å²) >= 11 is 0. The molecule has 3 aromatic rings. The Morgan fingerprint density at radius 2 is 1.48 bits per heavy atom. The quantitative estimate of drug-likeness (QED) is 0.372. The number of hydrogen-bond acceptors (Lipinski definition) is 4. The van der Waals surface area contributed by atoms with Crippen molar-refractivity contribution in [1.29, 1.82) is 0 Å². The van der Waals surface area contributed by atoms with E-state index in [0.29, 0.717) is 25.2 Å². The summed E-state index contributed by atoms with van der Waals surface area (Å²) in [4.78, 5) is 42.0. The van der Waals surface area contributed by atoms with Crippen molar-refractivity contribution in [1.82, 2.24) is 4.90 Å². The molecule has 1 saturated carbocycles. The minimum Gasteiger partial charge on any atom is -0.478 e. The molecule has 0 saturated heterocycles. The molecule has 1 fully saturated rings. The summed E-state index contributed by atoms with van der Waals surface area (Å²) in [5.41, 5.74) is 3.74. The van der Waals surface area contributed by atoms with E-state index in [1.165, 1.54) is 0 Å². The molecule has 7 heteroatoms. The molecule has 40 heavy (non-hydrogen) atoms. The Labute approximate surface area is 235 Å². The Bertz CT molecular complexity index is 1400. The molecule has 0 aromatic heterocycles. The van der Waals surface area contributed by atoms with E-state index in [1.54, 1.807) is 40.1 Å². The fraction of sp³-hybridized carbons (Fsp3) is 0.364.